The first-order chi connectivity index (χ1) is 5.67. The molecule has 0 heterocycles. The number of rotatable bonds is 2. The summed E-state index contributed by atoms with van der Waals surface area (Å²) in [6.45, 7) is 5.03. The van der Waals surface area contributed by atoms with E-state index in [-0.39, 0.29) is 5.41 Å². The normalized spacial score (nSPS) is 17.4. The van der Waals surface area contributed by atoms with Crippen molar-refractivity contribution in [2.75, 3.05) is 6.54 Å². The average Bonchev–Trinajstić information content (AvgIpc) is 2.32. The molecule has 1 nitrogen and oxygen atoms in total. The summed E-state index contributed by atoms with van der Waals surface area (Å²) in [5.74, 6) is 0. The minimum absolute atomic E-state index is 0.102. The first kappa shape index (κ1) is 9.27. The molecule has 0 saturated carbocycles. The highest BCUT2D eigenvalue weighted by Crippen LogP contribution is 2.26. The van der Waals surface area contributed by atoms with Gasteiger partial charge in [0.1, 0.15) is 0 Å². The van der Waals surface area contributed by atoms with Crippen LogP contribution in [-0.4, -0.2) is 6.54 Å². The molecule has 0 aromatic heterocycles. The third-order valence-corrected chi connectivity index (χ3v) is 2.27. The number of nitrogens with two attached hydrogens (primary N) is 1. The van der Waals surface area contributed by atoms with Gasteiger partial charge in [0, 0.05) is 12.0 Å². The Balaban J connectivity index is 2.86. The van der Waals surface area contributed by atoms with Gasteiger partial charge in [-0.2, -0.15) is 0 Å². The van der Waals surface area contributed by atoms with E-state index in [1.54, 1.807) is 0 Å². The molecule has 0 fully saturated rings. The van der Waals surface area contributed by atoms with Crippen molar-refractivity contribution in [2.45, 2.75) is 20.3 Å². The van der Waals surface area contributed by atoms with Crippen LogP contribution in [0.15, 0.2) is 36.0 Å². The van der Waals surface area contributed by atoms with Gasteiger partial charge in [0.15, 0.2) is 0 Å². The van der Waals surface area contributed by atoms with Crippen LogP contribution in [0.1, 0.15) is 20.3 Å². The lowest BCUT2D eigenvalue weighted by atomic mass is 9.84. The molecular weight excluding hydrogens is 146 g/mol. The molecule has 0 spiro atoms. The number of allylic oxidation sites excluding steroid dienone is 5. The van der Waals surface area contributed by atoms with E-state index >= 15 is 0 Å². The molecule has 0 aliphatic heterocycles. The summed E-state index contributed by atoms with van der Waals surface area (Å²) in [6.07, 6.45) is 11.8. The molecule has 66 valence electrons. The van der Waals surface area contributed by atoms with Crippen LogP contribution in [-0.2, 0) is 0 Å². The predicted octanol–water partition coefficient (Wildman–Crippen LogP) is 2.41. The van der Waals surface area contributed by atoms with Gasteiger partial charge in [-0.3, -0.25) is 0 Å². The van der Waals surface area contributed by atoms with Crippen LogP contribution in [0.3, 0.4) is 0 Å². The lowest BCUT2D eigenvalue weighted by molar-refractivity contribution is 0.472. The largest absolute Gasteiger partial charge is 0.330 e. The zero-order valence-corrected chi connectivity index (χ0v) is 7.88. The minimum atomic E-state index is 0.102. The summed E-state index contributed by atoms with van der Waals surface area (Å²) in [6, 6.07) is 0. The van der Waals surface area contributed by atoms with Gasteiger partial charge < -0.3 is 5.73 Å². The van der Waals surface area contributed by atoms with Gasteiger partial charge in [-0.05, 0) is 12.0 Å². The molecule has 0 aromatic rings. The van der Waals surface area contributed by atoms with Gasteiger partial charge >= 0.3 is 0 Å². The Morgan fingerprint density at radius 2 is 2.17 bits per heavy atom. The van der Waals surface area contributed by atoms with E-state index in [2.05, 4.69) is 44.2 Å². The molecule has 12 heavy (non-hydrogen) atoms. The Bertz CT molecular complexity index is 231. The highest BCUT2D eigenvalue weighted by Gasteiger charge is 2.18. The summed E-state index contributed by atoms with van der Waals surface area (Å²) >= 11 is 0. The molecule has 0 radical (unpaired) electrons. The third-order valence-electron chi connectivity index (χ3n) is 2.27. The molecule has 0 amide bonds. The van der Waals surface area contributed by atoms with Crippen molar-refractivity contribution >= 4 is 0 Å². The Hall–Kier alpha value is -0.820. The Morgan fingerprint density at radius 1 is 1.42 bits per heavy atom. The second kappa shape index (κ2) is 3.72. The van der Waals surface area contributed by atoms with Crippen molar-refractivity contribution in [1.29, 1.82) is 0 Å². The van der Waals surface area contributed by atoms with Gasteiger partial charge in [0.25, 0.3) is 0 Å². The lowest BCUT2D eigenvalue weighted by Crippen LogP contribution is -2.24. The summed E-state index contributed by atoms with van der Waals surface area (Å²) < 4.78 is 0. The quantitative estimate of drug-likeness (QED) is 0.664. The van der Waals surface area contributed by atoms with E-state index in [0.29, 0.717) is 6.54 Å². The summed E-state index contributed by atoms with van der Waals surface area (Å²) in [5.41, 5.74) is 7.11. The Morgan fingerprint density at radius 3 is 2.83 bits per heavy atom. The Kier molecular flexibility index (Phi) is 2.88. The van der Waals surface area contributed by atoms with Crippen molar-refractivity contribution in [2.24, 2.45) is 11.1 Å². The molecule has 1 rings (SSSR count). The molecule has 0 bridgehead atoms. The average molecular weight is 163 g/mol. The van der Waals surface area contributed by atoms with Gasteiger partial charge in [0.05, 0.1) is 0 Å². The van der Waals surface area contributed by atoms with E-state index < -0.39 is 0 Å². The van der Waals surface area contributed by atoms with E-state index in [0.717, 1.165) is 6.42 Å². The molecule has 1 aliphatic carbocycles. The maximum Gasteiger partial charge on any atom is 0.00189 e. The third kappa shape index (κ3) is 2.08. The van der Waals surface area contributed by atoms with Crippen LogP contribution in [0.4, 0.5) is 0 Å². The highest BCUT2D eigenvalue weighted by atomic mass is 14.6. The predicted molar refractivity (Wildman–Crippen MR) is 53.8 cm³/mol. The molecule has 0 unspecified atom stereocenters. The van der Waals surface area contributed by atoms with Crippen molar-refractivity contribution in [3.8, 4) is 0 Å². The molecule has 2 N–H and O–H groups in total. The minimum Gasteiger partial charge on any atom is -0.330 e. The van der Waals surface area contributed by atoms with Crippen LogP contribution in [0, 0.1) is 5.41 Å². The van der Waals surface area contributed by atoms with E-state index in [1.807, 2.05) is 0 Å². The highest BCUT2D eigenvalue weighted by molar-refractivity contribution is 5.32. The standard InChI is InChI=1S/C11H17N/c1-11(2,9-12)10-7-5-3-4-6-8-10/h3,5-8H,4,9,12H2,1-2H3. The zero-order chi connectivity index (χ0) is 9.03. The van der Waals surface area contributed by atoms with Gasteiger partial charge in [-0.1, -0.05) is 44.2 Å². The van der Waals surface area contributed by atoms with Crippen LogP contribution in [0.5, 0.6) is 0 Å². The topological polar surface area (TPSA) is 26.0 Å². The number of hydrogen-bond donors (Lipinski definition) is 1. The van der Waals surface area contributed by atoms with E-state index in [4.69, 9.17) is 5.73 Å². The number of hydrogen-bond acceptors (Lipinski definition) is 1. The molecule has 0 aromatic carbocycles. The maximum atomic E-state index is 5.69. The first-order valence-electron chi connectivity index (χ1n) is 4.41. The zero-order valence-electron chi connectivity index (χ0n) is 7.88. The second-order valence-electron chi connectivity index (χ2n) is 3.78. The fourth-order valence-electron chi connectivity index (χ4n) is 1.15. The van der Waals surface area contributed by atoms with Gasteiger partial charge in [-0.15, -0.1) is 0 Å². The molecule has 0 saturated heterocycles. The van der Waals surface area contributed by atoms with Gasteiger partial charge in [0.2, 0.25) is 0 Å². The smallest absolute Gasteiger partial charge is 0.00189 e. The Labute approximate surface area is 74.7 Å². The van der Waals surface area contributed by atoms with Crippen molar-refractivity contribution in [3.05, 3.63) is 36.0 Å². The second-order valence-corrected chi connectivity index (χ2v) is 3.78. The summed E-state index contributed by atoms with van der Waals surface area (Å²) in [7, 11) is 0. The fraction of sp³-hybridized carbons (Fsp3) is 0.455. The van der Waals surface area contributed by atoms with E-state index in [1.165, 1.54) is 5.57 Å². The van der Waals surface area contributed by atoms with Crippen LogP contribution in [0.2, 0.25) is 0 Å². The molecule has 1 aliphatic rings. The van der Waals surface area contributed by atoms with Gasteiger partial charge in [-0.25, -0.2) is 0 Å². The maximum absolute atomic E-state index is 5.69. The first-order valence-corrected chi connectivity index (χ1v) is 4.41. The fourth-order valence-corrected chi connectivity index (χ4v) is 1.15. The van der Waals surface area contributed by atoms with Crippen molar-refractivity contribution in [3.63, 3.8) is 0 Å². The summed E-state index contributed by atoms with van der Waals surface area (Å²) in [4.78, 5) is 0. The SMILES string of the molecule is CC(C)(CN)C1=CC=CCC=C1. The van der Waals surface area contributed by atoms with Crippen molar-refractivity contribution in [1.82, 2.24) is 0 Å². The van der Waals surface area contributed by atoms with Crippen LogP contribution in [0.25, 0.3) is 0 Å². The molecule has 0 atom stereocenters. The summed E-state index contributed by atoms with van der Waals surface area (Å²) in [5, 5.41) is 0. The monoisotopic (exact) mass is 163 g/mol. The molecular formula is C11H17N. The van der Waals surface area contributed by atoms with Crippen molar-refractivity contribution < 1.29 is 0 Å². The van der Waals surface area contributed by atoms with Crippen LogP contribution >= 0.6 is 0 Å². The molecule has 1 heteroatoms. The van der Waals surface area contributed by atoms with E-state index in [9.17, 15) is 0 Å². The van der Waals surface area contributed by atoms with Crippen LogP contribution < -0.4 is 5.73 Å². The lowest BCUT2D eigenvalue weighted by Gasteiger charge is -2.23.